The molecule has 1 fully saturated rings. The van der Waals surface area contributed by atoms with Gasteiger partial charge in [-0.3, -0.25) is 4.79 Å². The number of aldehydes is 1. The fraction of sp³-hybridized carbons (Fsp3) is 0.333. The van der Waals surface area contributed by atoms with E-state index in [0.717, 1.165) is 17.4 Å². The van der Waals surface area contributed by atoms with Crippen LogP contribution in [-0.2, 0) is 0 Å². The fourth-order valence-electron chi connectivity index (χ4n) is 3.41. The average Bonchev–Trinajstić information content (AvgIpc) is 3.22. The van der Waals surface area contributed by atoms with Gasteiger partial charge in [-0.05, 0) is 43.2 Å². The van der Waals surface area contributed by atoms with E-state index < -0.39 is 0 Å². The van der Waals surface area contributed by atoms with Crippen LogP contribution in [0.2, 0.25) is 0 Å². The summed E-state index contributed by atoms with van der Waals surface area (Å²) < 4.78 is 7.80. The van der Waals surface area contributed by atoms with E-state index in [0.29, 0.717) is 17.6 Å². The summed E-state index contributed by atoms with van der Waals surface area (Å²) in [5.41, 5.74) is 3.11. The highest BCUT2D eigenvalue weighted by Gasteiger charge is 2.17. The van der Waals surface area contributed by atoms with Gasteiger partial charge in [-0.25, -0.2) is 4.98 Å². The number of hydrogen-bond acceptors (Lipinski definition) is 3. The van der Waals surface area contributed by atoms with Crippen molar-refractivity contribution in [1.82, 2.24) is 9.55 Å². The first-order valence-electron chi connectivity index (χ1n) is 7.87. The molecule has 4 nitrogen and oxygen atoms in total. The minimum atomic E-state index is 0.350. The van der Waals surface area contributed by atoms with Crippen LogP contribution in [0.4, 0.5) is 0 Å². The highest BCUT2D eigenvalue weighted by atomic mass is 16.3. The molecule has 0 bridgehead atoms. The third-order valence-corrected chi connectivity index (χ3v) is 4.57. The standard InChI is InChI=1S/C18H18N2O2/c21-11-15-7-9-18(22-15)13-6-8-17-16(10-13)19-12-20(17)14-4-2-1-3-5-14/h6-12,14H,1-5H2. The van der Waals surface area contributed by atoms with Gasteiger partial charge in [-0.1, -0.05) is 19.3 Å². The SMILES string of the molecule is O=Cc1ccc(-c2ccc3c(c2)ncn3C2CCCCC2)o1. The molecule has 22 heavy (non-hydrogen) atoms. The van der Waals surface area contributed by atoms with Crippen molar-refractivity contribution in [1.29, 1.82) is 0 Å². The molecule has 0 radical (unpaired) electrons. The van der Waals surface area contributed by atoms with Crippen LogP contribution in [0.5, 0.6) is 0 Å². The molecule has 0 atom stereocenters. The first-order chi connectivity index (χ1) is 10.8. The molecular formula is C18H18N2O2. The van der Waals surface area contributed by atoms with E-state index in [1.807, 2.05) is 24.5 Å². The van der Waals surface area contributed by atoms with E-state index >= 15 is 0 Å². The minimum Gasteiger partial charge on any atom is -0.453 e. The van der Waals surface area contributed by atoms with Crippen LogP contribution in [0, 0.1) is 0 Å². The maximum Gasteiger partial charge on any atom is 0.185 e. The van der Waals surface area contributed by atoms with Crippen molar-refractivity contribution in [3.8, 4) is 11.3 Å². The number of hydrogen-bond donors (Lipinski definition) is 0. The van der Waals surface area contributed by atoms with Crippen LogP contribution in [0.1, 0.15) is 48.7 Å². The second-order valence-electron chi connectivity index (χ2n) is 5.97. The Kier molecular flexibility index (Phi) is 3.29. The summed E-state index contributed by atoms with van der Waals surface area (Å²) >= 11 is 0. The zero-order chi connectivity index (χ0) is 14.9. The number of nitrogens with zero attached hydrogens (tertiary/aromatic N) is 2. The number of furan rings is 1. The van der Waals surface area contributed by atoms with E-state index in [-0.39, 0.29) is 0 Å². The molecule has 0 aliphatic heterocycles. The van der Waals surface area contributed by atoms with Gasteiger partial charge in [-0.2, -0.15) is 0 Å². The molecule has 112 valence electrons. The number of fused-ring (bicyclic) bond motifs is 1. The molecule has 4 heteroatoms. The summed E-state index contributed by atoms with van der Waals surface area (Å²) in [6, 6.07) is 10.3. The van der Waals surface area contributed by atoms with Gasteiger partial charge in [-0.15, -0.1) is 0 Å². The molecule has 4 rings (SSSR count). The third-order valence-electron chi connectivity index (χ3n) is 4.57. The lowest BCUT2D eigenvalue weighted by Crippen LogP contribution is -2.11. The monoisotopic (exact) mass is 294 g/mol. The van der Waals surface area contributed by atoms with Crippen LogP contribution in [0.3, 0.4) is 0 Å². The maximum atomic E-state index is 10.7. The number of carbonyl (C=O) groups excluding carboxylic acids is 1. The second kappa shape index (κ2) is 5.44. The predicted octanol–water partition coefficient (Wildman–Crippen LogP) is 4.61. The van der Waals surface area contributed by atoms with Gasteiger partial charge in [0.05, 0.1) is 17.4 Å². The normalized spacial score (nSPS) is 16.2. The van der Waals surface area contributed by atoms with Gasteiger partial charge in [0.25, 0.3) is 0 Å². The molecule has 1 aliphatic carbocycles. The third kappa shape index (κ3) is 2.25. The second-order valence-corrected chi connectivity index (χ2v) is 5.97. The zero-order valence-electron chi connectivity index (χ0n) is 12.4. The van der Waals surface area contributed by atoms with Crippen LogP contribution in [0.25, 0.3) is 22.4 Å². The molecule has 0 N–H and O–H groups in total. The molecule has 1 aliphatic rings. The van der Waals surface area contributed by atoms with Gasteiger partial charge >= 0.3 is 0 Å². The summed E-state index contributed by atoms with van der Waals surface area (Å²) in [4.78, 5) is 15.3. The molecule has 2 heterocycles. The van der Waals surface area contributed by atoms with Gasteiger partial charge in [0.2, 0.25) is 0 Å². The topological polar surface area (TPSA) is 48.0 Å². The molecule has 1 saturated carbocycles. The summed E-state index contributed by atoms with van der Waals surface area (Å²) in [5, 5.41) is 0. The van der Waals surface area contributed by atoms with Gasteiger partial charge in [0, 0.05) is 11.6 Å². The van der Waals surface area contributed by atoms with Crippen molar-refractivity contribution >= 4 is 17.3 Å². The smallest absolute Gasteiger partial charge is 0.185 e. The fourth-order valence-corrected chi connectivity index (χ4v) is 3.41. The average molecular weight is 294 g/mol. The minimum absolute atomic E-state index is 0.350. The molecular weight excluding hydrogens is 276 g/mol. The molecule has 2 aromatic heterocycles. The van der Waals surface area contributed by atoms with E-state index in [1.165, 1.54) is 37.6 Å². The van der Waals surface area contributed by atoms with Crippen molar-refractivity contribution in [3.05, 3.63) is 42.4 Å². The van der Waals surface area contributed by atoms with Crippen LogP contribution < -0.4 is 0 Å². The Morgan fingerprint density at radius 3 is 2.77 bits per heavy atom. The Balaban J connectivity index is 1.71. The van der Waals surface area contributed by atoms with Gasteiger partial charge in [0.1, 0.15) is 5.76 Å². The summed E-state index contributed by atoms with van der Waals surface area (Å²) in [7, 11) is 0. The Morgan fingerprint density at radius 1 is 1.14 bits per heavy atom. The highest BCUT2D eigenvalue weighted by molar-refractivity contribution is 5.82. The lowest BCUT2D eigenvalue weighted by atomic mass is 9.95. The van der Waals surface area contributed by atoms with Gasteiger partial charge in [0.15, 0.2) is 12.0 Å². The molecule has 0 spiro atoms. The Bertz CT molecular complexity index is 809. The Labute approximate surface area is 128 Å². The van der Waals surface area contributed by atoms with E-state index in [4.69, 9.17) is 4.42 Å². The Morgan fingerprint density at radius 2 is 2.00 bits per heavy atom. The molecule has 0 unspecified atom stereocenters. The van der Waals surface area contributed by atoms with Crippen molar-refractivity contribution in [3.63, 3.8) is 0 Å². The Hall–Kier alpha value is -2.36. The summed E-state index contributed by atoms with van der Waals surface area (Å²) in [5.74, 6) is 1.05. The predicted molar refractivity (Wildman–Crippen MR) is 84.9 cm³/mol. The van der Waals surface area contributed by atoms with Gasteiger partial charge < -0.3 is 8.98 Å². The van der Waals surface area contributed by atoms with Crippen molar-refractivity contribution in [2.75, 3.05) is 0 Å². The number of benzene rings is 1. The lowest BCUT2D eigenvalue weighted by Gasteiger charge is -2.23. The quantitative estimate of drug-likeness (QED) is 0.662. The van der Waals surface area contributed by atoms with E-state index in [2.05, 4.69) is 15.6 Å². The van der Waals surface area contributed by atoms with Crippen molar-refractivity contribution < 1.29 is 9.21 Å². The highest BCUT2D eigenvalue weighted by Crippen LogP contribution is 2.32. The first-order valence-corrected chi connectivity index (χ1v) is 7.87. The van der Waals surface area contributed by atoms with Crippen LogP contribution in [0.15, 0.2) is 41.1 Å². The van der Waals surface area contributed by atoms with Crippen LogP contribution >= 0.6 is 0 Å². The summed E-state index contributed by atoms with van der Waals surface area (Å²) in [6.45, 7) is 0. The van der Waals surface area contributed by atoms with E-state index in [1.54, 1.807) is 6.07 Å². The van der Waals surface area contributed by atoms with E-state index in [9.17, 15) is 4.79 Å². The number of aromatic nitrogens is 2. The molecule has 3 aromatic rings. The lowest BCUT2D eigenvalue weighted by molar-refractivity contribution is 0.110. The number of carbonyl (C=O) groups is 1. The first kappa shape index (κ1) is 13.3. The van der Waals surface area contributed by atoms with Crippen molar-refractivity contribution in [2.45, 2.75) is 38.1 Å². The maximum absolute atomic E-state index is 10.7. The summed E-state index contributed by atoms with van der Waals surface area (Å²) in [6.07, 6.45) is 9.14. The molecule has 0 saturated heterocycles. The van der Waals surface area contributed by atoms with Crippen LogP contribution in [-0.4, -0.2) is 15.8 Å². The number of imidazole rings is 1. The molecule has 0 amide bonds. The number of rotatable bonds is 3. The molecule has 1 aromatic carbocycles. The largest absolute Gasteiger partial charge is 0.453 e. The van der Waals surface area contributed by atoms with Crippen molar-refractivity contribution in [2.24, 2.45) is 0 Å². The zero-order valence-corrected chi connectivity index (χ0v) is 12.4.